The van der Waals surface area contributed by atoms with Gasteiger partial charge in [-0.15, -0.1) is 11.3 Å². The molecular formula is C58H35N3S. The number of hydrogen-bond donors (Lipinski definition) is 0. The van der Waals surface area contributed by atoms with Gasteiger partial charge >= 0.3 is 0 Å². The second-order valence-corrected chi connectivity index (χ2v) is 17.3. The third kappa shape index (κ3) is 5.14. The minimum Gasteiger partial charge on any atom is -0.208 e. The van der Waals surface area contributed by atoms with Crippen LogP contribution in [-0.4, -0.2) is 15.0 Å². The van der Waals surface area contributed by atoms with E-state index in [2.05, 4.69) is 194 Å². The molecule has 2 heterocycles. The maximum absolute atomic E-state index is 5.17. The molecule has 1 spiro atoms. The van der Waals surface area contributed by atoms with Crippen LogP contribution < -0.4 is 0 Å². The summed E-state index contributed by atoms with van der Waals surface area (Å²) >= 11 is 1.84. The van der Waals surface area contributed by atoms with Crippen LogP contribution in [0.4, 0.5) is 0 Å². The lowest BCUT2D eigenvalue weighted by Crippen LogP contribution is -2.25. The monoisotopic (exact) mass is 805 g/mol. The lowest BCUT2D eigenvalue weighted by atomic mass is 9.70. The topological polar surface area (TPSA) is 38.7 Å². The van der Waals surface area contributed by atoms with Gasteiger partial charge in [0.15, 0.2) is 17.5 Å². The first kappa shape index (κ1) is 35.0. The van der Waals surface area contributed by atoms with Gasteiger partial charge in [-0.05, 0) is 91.0 Å². The fourth-order valence-corrected chi connectivity index (χ4v) is 11.4. The second kappa shape index (κ2) is 13.6. The van der Waals surface area contributed by atoms with Gasteiger partial charge in [-0.1, -0.05) is 188 Å². The zero-order chi connectivity index (χ0) is 40.8. The minimum atomic E-state index is -0.348. The largest absolute Gasteiger partial charge is 0.208 e. The lowest BCUT2D eigenvalue weighted by molar-refractivity contribution is 0.794. The van der Waals surface area contributed by atoms with Crippen LogP contribution in [0.2, 0.25) is 0 Å². The Morgan fingerprint density at radius 2 is 0.758 bits per heavy atom. The van der Waals surface area contributed by atoms with Crippen LogP contribution in [0, 0.1) is 0 Å². The highest BCUT2D eigenvalue weighted by atomic mass is 32.1. The maximum Gasteiger partial charge on any atom is 0.164 e. The van der Waals surface area contributed by atoms with E-state index in [4.69, 9.17) is 15.0 Å². The molecule has 2 aliphatic rings. The summed E-state index contributed by atoms with van der Waals surface area (Å²) in [6.45, 7) is 0. The molecule has 0 N–H and O–H groups in total. The normalized spacial score (nSPS) is 13.0. The number of rotatable bonds is 5. The van der Waals surface area contributed by atoms with E-state index >= 15 is 0 Å². The fraction of sp³-hybridized carbons (Fsp3) is 0.0172. The molecule has 0 bridgehead atoms. The van der Waals surface area contributed by atoms with E-state index in [0.717, 1.165) is 27.8 Å². The van der Waals surface area contributed by atoms with Gasteiger partial charge in [0.05, 0.1) is 5.41 Å². The lowest BCUT2D eigenvalue weighted by Gasteiger charge is -2.30. The highest BCUT2D eigenvalue weighted by Gasteiger charge is 2.51. The van der Waals surface area contributed by atoms with Crippen molar-refractivity contribution in [3.05, 3.63) is 235 Å². The molecule has 13 rings (SSSR count). The molecule has 0 atom stereocenters. The molecule has 0 saturated heterocycles. The maximum atomic E-state index is 5.17. The molecule has 0 amide bonds. The molecule has 3 nitrogen and oxygen atoms in total. The van der Waals surface area contributed by atoms with Crippen LogP contribution >= 0.6 is 11.3 Å². The molecule has 9 aromatic carbocycles. The Hall–Kier alpha value is -7.79. The van der Waals surface area contributed by atoms with E-state index in [1.165, 1.54) is 75.8 Å². The van der Waals surface area contributed by atoms with E-state index in [0.29, 0.717) is 17.5 Å². The minimum absolute atomic E-state index is 0.348. The molecule has 62 heavy (non-hydrogen) atoms. The van der Waals surface area contributed by atoms with Crippen LogP contribution in [0.5, 0.6) is 0 Å². The van der Waals surface area contributed by atoms with Crippen molar-refractivity contribution in [2.24, 2.45) is 0 Å². The van der Waals surface area contributed by atoms with Crippen molar-refractivity contribution >= 4 is 31.5 Å². The third-order valence-corrected chi connectivity index (χ3v) is 14.1. The third-order valence-electron chi connectivity index (χ3n) is 13.0. The van der Waals surface area contributed by atoms with Crippen LogP contribution in [0.3, 0.4) is 0 Å². The van der Waals surface area contributed by atoms with E-state index in [1.807, 2.05) is 29.5 Å². The summed E-state index contributed by atoms with van der Waals surface area (Å²) in [4.78, 5) is 15.3. The Balaban J connectivity index is 0.902. The van der Waals surface area contributed by atoms with Gasteiger partial charge in [-0.3, -0.25) is 0 Å². The van der Waals surface area contributed by atoms with Crippen LogP contribution in [0.15, 0.2) is 212 Å². The Labute approximate surface area is 363 Å². The Bertz CT molecular complexity index is 3540. The summed E-state index contributed by atoms with van der Waals surface area (Å²) in [6.07, 6.45) is 0. The van der Waals surface area contributed by atoms with Gasteiger partial charge in [0.25, 0.3) is 0 Å². The van der Waals surface area contributed by atoms with Gasteiger partial charge in [0.2, 0.25) is 0 Å². The molecule has 4 heteroatoms. The number of fused-ring (bicyclic) bond motifs is 13. The summed E-state index contributed by atoms with van der Waals surface area (Å²) in [6, 6.07) is 76.7. The predicted molar refractivity (Wildman–Crippen MR) is 256 cm³/mol. The van der Waals surface area contributed by atoms with Crippen molar-refractivity contribution in [2.75, 3.05) is 0 Å². The SMILES string of the molecule is c1ccc(-c2nc(-c3ccc(-c4ccc5c(c4)-c4ccccc4C54c5ccccc5-c5ccccc54)cc3)nc(-c3cccc(-c4cccc5sc6ccccc6c45)c3)n2)cc1. The van der Waals surface area contributed by atoms with Crippen LogP contribution in [-0.2, 0) is 5.41 Å². The molecule has 2 aliphatic carbocycles. The van der Waals surface area contributed by atoms with Crippen molar-refractivity contribution < 1.29 is 0 Å². The summed E-state index contributed by atoms with van der Waals surface area (Å²) in [5.41, 5.74) is 17.8. The van der Waals surface area contributed by atoms with E-state index < -0.39 is 0 Å². The van der Waals surface area contributed by atoms with E-state index in [1.54, 1.807) is 0 Å². The smallest absolute Gasteiger partial charge is 0.164 e. The quantitative estimate of drug-likeness (QED) is 0.174. The van der Waals surface area contributed by atoms with Gasteiger partial charge in [0, 0.05) is 36.9 Å². The van der Waals surface area contributed by atoms with Gasteiger partial charge in [0.1, 0.15) is 0 Å². The number of hydrogen-bond acceptors (Lipinski definition) is 4. The summed E-state index contributed by atoms with van der Waals surface area (Å²) in [5.74, 6) is 1.93. The highest BCUT2D eigenvalue weighted by molar-refractivity contribution is 7.25. The summed E-state index contributed by atoms with van der Waals surface area (Å²) in [7, 11) is 0. The van der Waals surface area contributed by atoms with E-state index in [9.17, 15) is 0 Å². The van der Waals surface area contributed by atoms with E-state index in [-0.39, 0.29) is 5.41 Å². The van der Waals surface area contributed by atoms with Crippen LogP contribution in [0.25, 0.3) is 98.8 Å². The first-order valence-corrected chi connectivity index (χ1v) is 21.9. The average Bonchev–Trinajstić information content (AvgIpc) is 3.98. The molecular weight excluding hydrogens is 771 g/mol. The molecule has 288 valence electrons. The van der Waals surface area contributed by atoms with Gasteiger partial charge in [-0.25, -0.2) is 15.0 Å². The first-order chi connectivity index (χ1) is 30.7. The van der Waals surface area contributed by atoms with Crippen molar-refractivity contribution in [2.45, 2.75) is 5.41 Å². The molecule has 0 saturated carbocycles. The Morgan fingerprint density at radius 1 is 0.290 bits per heavy atom. The molecule has 0 radical (unpaired) electrons. The number of aromatic nitrogens is 3. The first-order valence-electron chi connectivity index (χ1n) is 21.1. The highest BCUT2D eigenvalue weighted by Crippen LogP contribution is 2.63. The summed E-state index contributed by atoms with van der Waals surface area (Å²) in [5, 5.41) is 2.57. The van der Waals surface area contributed by atoms with Gasteiger partial charge < -0.3 is 0 Å². The number of thiophene rings is 1. The zero-order valence-corrected chi connectivity index (χ0v) is 34.3. The number of benzene rings is 9. The van der Waals surface area contributed by atoms with Crippen molar-refractivity contribution in [3.63, 3.8) is 0 Å². The molecule has 0 aliphatic heterocycles. The van der Waals surface area contributed by atoms with Gasteiger partial charge in [-0.2, -0.15) is 0 Å². The van der Waals surface area contributed by atoms with Crippen molar-refractivity contribution in [1.82, 2.24) is 15.0 Å². The molecule has 2 aromatic heterocycles. The predicted octanol–water partition coefficient (Wildman–Crippen LogP) is 14.9. The standard InChI is InChI=1S/C58H35N3S/c1-2-14-37(15-3-1)55-59-56(61-57(60-55)41-17-12-16-40(34-41)42-22-13-27-53-54(42)46-21-7-11-26-52(46)62-53)38-30-28-36(29-31-38)39-32-33-51-47(35-39)45-20-6-10-25-50(45)58(51)48-23-8-4-18-43(48)44-19-5-9-24-49(44)58/h1-35H. The summed E-state index contributed by atoms with van der Waals surface area (Å²) < 4.78 is 2.58. The Morgan fingerprint density at radius 3 is 1.47 bits per heavy atom. The zero-order valence-electron chi connectivity index (χ0n) is 33.5. The second-order valence-electron chi connectivity index (χ2n) is 16.3. The van der Waals surface area contributed by atoms with Crippen LogP contribution in [0.1, 0.15) is 22.3 Å². The molecule has 0 fully saturated rings. The average molecular weight is 806 g/mol. The molecule has 0 unspecified atom stereocenters. The molecule has 11 aromatic rings. The number of nitrogens with zero attached hydrogens (tertiary/aromatic N) is 3. The van der Waals surface area contributed by atoms with Crippen molar-refractivity contribution in [3.8, 4) is 78.7 Å². The fourth-order valence-electron chi connectivity index (χ4n) is 10.3. The van der Waals surface area contributed by atoms with Crippen molar-refractivity contribution in [1.29, 1.82) is 0 Å². The Kier molecular flexibility index (Phi) is 7.69.